The highest BCUT2D eigenvalue weighted by Crippen LogP contribution is 2.30. The number of pyridine rings is 1. The van der Waals surface area contributed by atoms with Crippen LogP contribution in [0.4, 0.5) is 5.82 Å². The van der Waals surface area contributed by atoms with Crippen molar-refractivity contribution in [3.05, 3.63) is 21.8 Å². The third kappa shape index (κ3) is 2.69. The van der Waals surface area contributed by atoms with Gasteiger partial charge in [0.25, 0.3) is 0 Å². The monoisotopic (exact) mass is 302 g/mol. The molecule has 2 heterocycles. The van der Waals surface area contributed by atoms with Gasteiger partial charge in [0.1, 0.15) is 5.82 Å². The molecule has 0 aliphatic carbocycles. The van der Waals surface area contributed by atoms with E-state index in [1.54, 1.807) is 6.20 Å². The highest BCUT2D eigenvalue weighted by Gasteiger charge is 2.21. The minimum Gasteiger partial charge on any atom is -0.355 e. The van der Waals surface area contributed by atoms with Crippen molar-refractivity contribution in [2.75, 3.05) is 18.0 Å². The minimum atomic E-state index is 0.680. The number of halogens is 2. The van der Waals surface area contributed by atoms with Crippen LogP contribution in [0.25, 0.3) is 0 Å². The average Bonchev–Trinajstić information content (AvgIpc) is 2.29. The van der Waals surface area contributed by atoms with Gasteiger partial charge in [-0.15, -0.1) is 0 Å². The van der Waals surface area contributed by atoms with Crippen molar-refractivity contribution in [3.63, 3.8) is 0 Å². The summed E-state index contributed by atoms with van der Waals surface area (Å²) in [6, 6.07) is 1.92. The Morgan fingerprint density at radius 2 is 2.44 bits per heavy atom. The predicted octanol–water partition coefficient (Wildman–Crippen LogP) is 4.12. The number of hydrogen-bond acceptors (Lipinski definition) is 2. The predicted molar refractivity (Wildman–Crippen MR) is 72.2 cm³/mol. The number of aromatic nitrogens is 1. The molecule has 1 aliphatic heterocycles. The fourth-order valence-electron chi connectivity index (χ4n) is 2.23. The molecule has 0 saturated carbocycles. The van der Waals surface area contributed by atoms with Gasteiger partial charge in [-0.2, -0.15) is 0 Å². The van der Waals surface area contributed by atoms with Crippen LogP contribution in [0, 0.1) is 5.92 Å². The summed E-state index contributed by atoms with van der Waals surface area (Å²) in [6.45, 7) is 4.48. The highest BCUT2D eigenvalue weighted by molar-refractivity contribution is 9.10. The molecule has 1 aromatic rings. The third-order valence-electron chi connectivity index (χ3n) is 3.18. The maximum atomic E-state index is 5.90. The maximum Gasteiger partial charge on any atom is 0.142 e. The van der Waals surface area contributed by atoms with Gasteiger partial charge < -0.3 is 4.90 Å². The molecule has 88 valence electrons. The molecular formula is C12H16BrClN2. The first kappa shape index (κ1) is 12.2. The van der Waals surface area contributed by atoms with Crippen LogP contribution >= 0.6 is 27.5 Å². The summed E-state index contributed by atoms with van der Waals surface area (Å²) >= 11 is 9.44. The normalized spacial score (nSPS) is 21.2. The summed E-state index contributed by atoms with van der Waals surface area (Å²) in [6.07, 6.45) is 5.58. The summed E-state index contributed by atoms with van der Waals surface area (Å²) < 4.78 is 0.997. The van der Waals surface area contributed by atoms with Gasteiger partial charge in [-0.1, -0.05) is 24.9 Å². The molecule has 0 N–H and O–H groups in total. The molecule has 1 unspecified atom stereocenters. The fraction of sp³-hybridized carbons (Fsp3) is 0.583. The molecule has 2 rings (SSSR count). The van der Waals surface area contributed by atoms with Gasteiger partial charge in [0.15, 0.2) is 0 Å². The van der Waals surface area contributed by atoms with Crippen LogP contribution < -0.4 is 4.90 Å². The quantitative estimate of drug-likeness (QED) is 0.817. The number of hydrogen-bond donors (Lipinski definition) is 0. The average molecular weight is 304 g/mol. The number of piperidine rings is 1. The molecule has 0 bridgehead atoms. The van der Waals surface area contributed by atoms with Gasteiger partial charge in [0, 0.05) is 19.3 Å². The largest absolute Gasteiger partial charge is 0.355 e. The molecular weight excluding hydrogens is 288 g/mol. The lowest BCUT2D eigenvalue weighted by Crippen LogP contribution is -2.35. The Balaban J connectivity index is 2.16. The van der Waals surface area contributed by atoms with Crippen molar-refractivity contribution in [3.8, 4) is 0 Å². The van der Waals surface area contributed by atoms with Gasteiger partial charge >= 0.3 is 0 Å². The van der Waals surface area contributed by atoms with Gasteiger partial charge in [0.2, 0.25) is 0 Å². The number of nitrogens with zero attached hydrogens (tertiary/aromatic N) is 2. The van der Waals surface area contributed by atoms with Crippen molar-refractivity contribution >= 4 is 33.3 Å². The zero-order valence-electron chi connectivity index (χ0n) is 9.42. The molecule has 4 heteroatoms. The van der Waals surface area contributed by atoms with Crippen LogP contribution in [0.5, 0.6) is 0 Å². The van der Waals surface area contributed by atoms with Gasteiger partial charge in [0.05, 0.1) is 9.50 Å². The summed E-state index contributed by atoms with van der Waals surface area (Å²) in [5, 5.41) is 0.680. The first-order chi connectivity index (χ1) is 7.70. The Labute approximate surface area is 110 Å². The molecule has 16 heavy (non-hydrogen) atoms. The molecule has 0 aromatic carbocycles. The Morgan fingerprint density at radius 3 is 3.12 bits per heavy atom. The molecule has 1 fully saturated rings. The van der Waals surface area contributed by atoms with Crippen LogP contribution in [-0.4, -0.2) is 18.1 Å². The summed E-state index contributed by atoms with van der Waals surface area (Å²) in [7, 11) is 0. The van der Waals surface area contributed by atoms with Gasteiger partial charge in [-0.25, -0.2) is 4.98 Å². The molecule has 0 amide bonds. The molecule has 2 nitrogen and oxygen atoms in total. The highest BCUT2D eigenvalue weighted by atomic mass is 79.9. The molecule has 0 radical (unpaired) electrons. The summed E-state index contributed by atoms with van der Waals surface area (Å²) in [5.74, 6) is 1.83. The van der Waals surface area contributed by atoms with E-state index in [9.17, 15) is 0 Å². The van der Waals surface area contributed by atoms with Crippen molar-refractivity contribution in [2.24, 2.45) is 5.92 Å². The fourth-order valence-corrected chi connectivity index (χ4v) is 3.12. The van der Waals surface area contributed by atoms with Crippen LogP contribution in [0.2, 0.25) is 5.02 Å². The van der Waals surface area contributed by atoms with Gasteiger partial charge in [-0.05, 0) is 40.8 Å². The first-order valence-electron chi connectivity index (χ1n) is 5.76. The van der Waals surface area contributed by atoms with Crippen molar-refractivity contribution in [2.45, 2.75) is 26.2 Å². The smallest absolute Gasteiger partial charge is 0.142 e. The van der Waals surface area contributed by atoms with Crippen LogP contribution in [0.1, 0.15) is 26.2 Å². The molecule has 1 aliphatic rings. The van der Waals surface area contributed by atoms with Crippen molar-refractivity contribution in [1.29, 1.82) is 0 Å². The zero-order chi connectivity index (χ0) is 11.5. The Morgan fingerprint density at radius 1 is 1.62 bits per heavy atom. The Bertz CT molecular complexity index is 370. The first-order valence-corrected chi connectivity index (χ1v) is 6.93. The standard InChI is InChI=1S/C12H16BrClN2/c1-2-9-4-3-5-16(8-9)12-11(13)6-10(14)7-15-12/h6-7,9H,2-5,8H2,1H3. The lowest BCUT2D eigenvalue weighted by Gasteiger charge is -2.33. The maximum absolute atomic E-state index is 5.90. The van der Waals surface area contributed by atoms with E-state index in [0.29, 0.717) is 5.02 Å². The second kappa shape index (κ2) is 5.37. The van der Waals surface area contributed by atoms with Crippen molar-refractivity contribution < 1.29 is 0 Å². The van der Waals surface area contributed by atoms with E-state index >= 15 is 0 Å². The topological polar surface area (TPSA) is 16.1 Å². The molecule has 1 atom stereocenters. The minimum absolute atomic E-state index is 0.680. The molecule has 0 spiro atoms. The van der Waals surface area contributed by atoms with E-state index in [0.717, 1.165) is 29.3 Å². The molecule has 1 aromatic heterocycles. The van der Waals surface area contributed by atoms with E-state index in [1.807, 2.05) is 6.07 Å². The lowest BCUT2D eigenvalue weighted by molar-refractivity contribution is 0.403. The van der Waals surface area contributed by atoms with E-state index in [-0.39, 0.29) is 0 Å². The Hall–Kier alpha value is -0.280. The summed E-state index contributed by atoms with van der Waals surface area (Å²) in [4.78, 5) is 6.78. The van der Waals surface area contributed by atoms with Crippen LogP contribution in [0.15, 0.2) is 16.7 Å². The second-order valence-electron chi connectivity index (χ2n) is 4.32. The number of anilines is 1. The zero-order valence-corrected chi connectivity index (χ0v) is 11.8. The second-order valence-corrected chi connectivity index (χ2v) is 5.61. The van der Waals surface area contributed by atoms with E-state index in [1.165, 1.54) is 19.3 Å². The van der Waals surface area contributed by atoms with E-state index in [4.69, 9.17) is 11.6 Å². The van der Waals surface area contributed by atoms with Crippen LogP contribution in [0.3, 0.4) is 0 Å². The van der Waals surface area contributed by atoms with Crippen molar-refractivity contribution in [1.82, 2.24) is 4.98 Å². The van der Waals surface area contributed by atoms with Gasteiger partial charge in [-0.3, -0.25) is 0 Å². The molecule has 1 saturated heterocycles. The number of rotatable bonds is 2. The summed E-state index contributed by atoms with van der Waals surface area (Å²) in [5.41, 5.74) is 0. The lowest BCUT2D eigenvalue weighted by atomic mass is 9.96. The van der Waals surface area contributed by atoms with Crippen LogP contribution in [-0.2, 0) is 0 Å². The third-order valence-corrected chi connectivity index (χ3v) is 3.97. The van der Waals surface area contributed by atoms with E-state index < -0.39 is 0 Å². The van der Waals surface area contributed by atoms with E-state index in [2.05, 4.69) is 32.7 Å². The SMILES string of the molecule is CCC1CCCN(c2ncc(Cl)cc2Br)C1. The Kier molecular flexibility index (Phi) is 4.09.